The van der Waals surface area contributed by atoms with Crippen molar-refractivity contribution in [2.75, 3.05) is 31.6 Å². The summed E-state index contributed by atoms with van der Waals surface area (Å²) in [6.07, 6.45) is 0. The molecule has 1 aliphatic heterocycles. The summed E-state index contributed by atoms with van der Waals surface area (Å²) in [6, 6.07) is 10.3. The Bertz CT molecular complexity index is 1180. The second kappa shape index (κ2) is 9.00. The van der Waals surface area contributed by atoms with Gasteiger partial charge in [-0.1, -0.05) is 30.3 Å². The zero-order chi connectivity index (χ0) is 21.2. The molecule has 3 aromatic heterocycles. The van der Waals surface area contributed by atoms with Crippen molar-refractivity contribution in [3.05, 3.63) is 57.7 Å². The Labute approximate surface area is 190 Å². The molecule has 0 bridgehead atoms. The predicted octanol–water partition coefficient (Wildman–Crippen LogP) is 4.88. The number of hydrogen-bond acceptors (Lipinski definition) is 8. The summed E-state index contributed by atoms with van der Waals surface area (Å²) in [5.74, 6) is 1.77. The van der Waals surface area contributed by atoms with Crippen LogP contribution in [0.4, 0.5) is 5.82 Å². The molecule has 160 valence electrons. The number of rotatable bonds is 6. The van der Waals surface area contributed by atoms with Gasteiger partial charge in [0.05, 0.1) is 37.4 Å². The molecule has 0 aliphatic carbocycles. The number of hydrogen-bond donors (Lipinski definition) is 1. The average Bonchev–Trinajstić information content (AvgIpc) is 3.38. The largest absolute Gasteiger partial charge is 0.379 e. The minimum Gasteiger partial charge on any atom is -0.379 e. The number of thiazole rings is 1. The molecular formula is C23H25N5OS2. The summed E-state index contributed by atoms with van der Waals surface area (Å²) in [5, 5.41) is 7.85. The number of morpholine rings is 1. The summed E-state index contributed by atoms with van der Waals surface area (Å²) in [5.41, 5.74) is 3.43. The van der Waals surface area contributed by atoms with Crippen LogP contribution in [-0.2, 0) is 17.8 Å². The van der Waals surface area contributed by atoms with E-state index in [9.17, 15) is 0 Å². The van der Waals surface area contributed by atoms with Gasteiger partial charge in [-0.2, -0.15) is 0 Å². The number of thiophene rings is 1. The second-order valence-corrected chi connectivity index (χ2v) is 9.77. The van der Waals surface area contributed by atoms with E-state index in [-0.39, 0.29) is 0 Å². The van der Waals surface area contributed by atoms with Gasteiger partial charge < -0.3 is 10.1 Å². The van der Waals surface area contributed by atoms with Gasteiger partial charge in [-0.05, 0) is 19.4 Å². The highest BCUT2D eigenvalue weighted by molar-refractivity contribution is 7.18. The first-order valence-electron chi connectivity index (χ1n) is 10.5. The molecule has 1 fully saturated rings. The van der Waals surface area contributed by atoms with Crippen LogP contribution >= 0.6 is 22.7 Å². The number of fused-ring (bicyclic) bond motifs is 1. The van der Waals surface area contributed by atoms with Gasteiger partial charge in [0.15, 0.2) is 0 Å². The lowest BCUT2D eigenvalue weighted by Gasteiger charge is -2.25. The van der Waals surface area contributed by atoms with E-state index in [0.29, 0.717) is 6.54 Å². The molecule has 0 unspecified atom stereocenters. The van der Waals surface area contributed by atoms with Crippen molar-refractivity contribution in [2.24, 2.45) is 0 Å². The molecule has 0 saturated carbocycles. The fourth-order valence-corrected chi connectivity index (χ4v) is 5.60. The van der Waals surface area contributed by atoms with Crippen LogP contribution in [0.5, 0.6) is 0 Å². The summed E-state index contributed by atoms with van der Waals surface area (Å²) < 4.78 is 5.47. The maximum absolute atomic E-state index is 5.47. The van der Waals surface area contributed by atoms with Gasteiger partial charge in [-0.25, -0.2) is 15.0 Å². The third-order valence-corrected chi connectivity index (χ3v) is 7.59. The number of anilines is 1. The minimum absolute atomic E-state index is 0.640. The second-order valence-electron chi connectivity index (χ2n) is 7.70. The van der Waals surface area contributed by atoms with Gasteiger partial charge in [0.25, 0.3) is 0 Å². The first-order chi connectivity index (χ1) is 15.2. The molecule has 1 aromatic carbocycles. The van der Waals surface area contributed by atoms with Gasteiger partial charge >= 0.3 is 0 Å². The fourth-order valence-electron chi connectivity index (χ4n) is 3.73. The number of benzene rings is 1. The van der Waals surface area contributed by atoms with E-state index >= 15 is 0 Å². The molecule has 31 heavy (non-hydrogen) atoms. The SMILES string of the molecule is Cc1sc2nc(CN3CCOCC3)nc(NCc3csc(-c4ccccc4)n3)c2c1C. The van der Waals surface area contributed by atoms with E-state index < -0.39 is 0 Å². The lowest BCUT2D eigenvalue weighted by Crippen LogP contribution is -2.36. The topological polar surface area (TPSA) is 63.2 Å². The molecule has 6 nitrogen and oxygen atoms in total. The van der Waals surface area contributed by atoms with Crippen molar-refractivity contribution in [3.8, 4) is 10.6 Å². The van der Waals surface area contributed by atoms with Crippen LogP contribution in [0.15, 0.2) is 35.7 Å². The molecule has 1 N–H and O–H groups in total. The third-order valence-electron chi connectivity index (χ3n) is 5.55. The molecule has 4 aromatic rings. The van der Waals surface area contributed by atoms with Gasteiger partial charge in [0.2, 0.25) is 0 Å². The monoisotopic (exact) mass is 451 g/mol. The lowest BCUT2D eigenvalue weighted by atomic mass is 10.2. The van der Waals surface area contributed by atoms with Crippen LogP contribution in [0.1, 0.15) is 22.0 Å². The number of nitrogens with zero attached hydrogens (tertiary/aromatic N) is 4. The Morgan fingerprint density at radius 2 is 1.87 bits per heavy atom. The Morgan fingerprint density at radius 3 is 2.68 bits per heavy atom. The number of nitrogens with one attached hydrogen (secondary N) is 1. The van der Waals surface area contributed by atoms with Gasteiger partial charge in [-0.15, -0.1) is 22.7 Å². The third kappa shape index (κ3) is 4.48. The zero-order valence-electron chi connectivity index (χ0n) is 17.7. The number of aromatic nitrogens is 3. The van der Waals surface area contributed by atoms with E-state index in [1.54, 1.807) is 22.7 Å². The minimum atomic E-state index is 0.640. The first kappa shape index (κ1) is 20.5. The summed E-state index contributed by atoms with van der Waals surface area (Å²) in [6.45, 7) is 9.09. The molecular weight excluding hydrogens is 426 g/mol. The van der Waals surface area contributed by atoms with Crippen molar-refractivity contribution in [2.45, 2.75) is 26.9 Å². The van der Waals surface area contributed by atoms with Gasteiger partial charge in [0, 0.05) is 28.9 Å². The van der Waals surface area contributed by atoms with Crippen LogP contribution in [0.3, 0.4) is 0 Å². The van der Waals surface area contributed by atoms with E-state index in [1.807, 2.05) is 18.2 Å². The highest BCUT2D eigenvalue weighted by Gasteiger charge is 2.18. The standard InChI is InChI=1S/C23H25N5OS2/c1-15-16(2)31-23-20(15)21(26-19(27-23)13-28-8-10-29-11-9-28)24-12-18-14-30-22(25-18)17-6-4-3-5-7-17/h3-7,14H,8-13H2,1-2H3,(H,24,26,27). The fraction of sp³-hybridized carbons (Fsp3) is 0.348. The highest BCUT2D eigenvalue weighted by atomic mass is 32.1. The van der Waals surface area contributed by atoms with Crippen molar-refractivity contribution in [1.29, 1.82) is 0 Å². The molecule has 1 aliphatic rings. The van der Waals surface area contributed by atoms with E-state index in [2.05, 4.69) is 41.6 Å². The molecule has 0 spiro atoms. The smallest absolute Gasteiger partial charge is 0.146 e. The molecule has 0 atom stereocenters. The molecule has 5 rings (SSSR count). The predicted molar refractivity (Wildman–Crippen MR) is 128 cm³/mol. The van der Waals surface area contributed by atoms with E-state index in [0.717, 1.165) is 71.0 Å². The number of ether oxygens (including phenoxy) is 1. The maximum Gasteiger partial charge on any atom is 0.146 e. The Morgan fingerprint density at radius 1 is 1.06 bits per heavy atom. The first-order valence-corrected chi connectivity index (χ1v) is 12.2. The molecule has 4 heterocycles. The van der Waals surface area contributed by atoms with Crippen molar-refractivity contribution in [1.82, 2.24) is 19.9 Å². The summed E-state index contributed by atoms with van der Waals surface area (Å²) >= 11 is 3.42. The van der Waals surface area contributed by atoms with Crippen molar-refractivity contribution >= 4 is 38.7 Å². The molecule has 1 saturated heterocycles. The Balaban J connectivity index is 1.39. The Hall–Kier alpha value is -2.39. The van der Waals surface area contributed by atoms with Crippen LogP contribution in [0, 0.1) is 13.8 Å². The molecule has 0 amide bonds. The Kier molecular flexibility index (Phi) is 5.95. The van der Waals surface area contributed by atoms with Crippen LogP contribution in [0.25, 0.3) is 20.8 Å². The zero-order valence-corrected chi connectivity index (χ0v) is 19.4. The molecule has 8 heteroatoms. The summed E-state index contributed by atoms with van der Waals surface area (Å²) in [4.78, 5) is 19.3. The van der Waals surface area contributed by atoms with Crippen LogP contribution in [-0.4, -0.2) is 46.2 Å². The van der Waals surface area contributed by atoms with E-state index in [4.69, 9.17) is 19.7 Å². The van der Waals surface area contributed by atoms with E-state index in [1.165, 1.54) is 10.4 Å². The van der Waals surface area contributed by atoms with Crippen molar-refractivity contribution in [3.63, 3.8) is 0 Å². The quantitative estimate of drug-likeness (QED) is 0.451. The lowest BCUT2D eigenvalue weighted by molar-refractivity contribution is 0.0331. The highest BCUT2D eigenvalue weighted by Crippen LogP contribution is 2.34. The van der Waals surface area contributed by atoms with Crippen LogP contribution in [0.2, 0.25) is 0 Å². The summed E-state index contributed by atoms with van der Waals surface area (Å²) in [7, 11) is 0. The normalized spacial score (nSPS) is 14.9. The average molecular weight is 452 g/mol. The van der Waals surface area contributed by atoms with Gasteiger partial charge in [-0.3, -0.25) is 4.90 Å². The van der Waals surface area contributed by atoms with Gasteiger partial charge in [0.1, 0.15) is 21.5 Å². The maximum atomic E-state index is 5.47. The number of aryl methyl sites for hydroxylation is 2. The molecule has 0 radical (unpaired) electrons. The van der Waals surface area contributed by atoms with Crippen molar-refractivity contribution < 1.29 is 4.74 Å². The van der Waals surface area contributed by atoms with Crippen LogP contribution < -0.4 is 5.32 Å².